The SMILES string of the molecule is c1cncc(CN(CCCn2ccnc2)Cc2cnc3nccn3c2)c1. The van der Waals surface area contributed by atoms with Gasteiger partial charge in [-0.1, -0.05) is 6.07 Å². The van der Waals surface area contributed by atoms with Crippen molar-refractivity contribution in [1.29, 1.82) is 0 Å². The standard InChI is InChI=1S/C19H21N7/c1-3-17(11-20-4-1)13-25(8-2-7-24-9-5-21-16-24)14-18-12-23-19-22-6-10-26(19)15-18/h1,3-6,9-12,15-16H,2,7-8,13-14H2. The molecule has 26 heavy (non-hydrogen) atoms. The largest absolute Gasteiger partial charge is 0.337 e. The molecule has 0 atom stereocenters. The Balaban J connectivity index is 1.45. The monoisotopic (exact) mass is 347 g/mol. The number of rotatable bonds is 8. The van der Waals surface area contributed by atoms with E-state index in [0.717, 1.165) is 38.4 Å². The molecule has 0 fully saturated rings. The van der Waals surface area contributed by atoms with Crippen molar-refractivity contribution in [2.24, 2.45) is 0 Å². The fraction of sp³-hybridized carbons (Fsp3) is 0.263. The van der Waals surface area contributed by atoms with Gasteiger partial charge in [0, 0.05) is 81.3 Å². The van der Waals surface area contributed by atoms with Gasteiger partial charge < -0.3 is 4.57 Å². The van der Waals surface area contributed by atoms with E-state index in [2.05, 4.69) is 41.7 Å². The van der Waals surface area contributed by atoms with Crippen molar-refractivity contribution < 1.29 is 0 Å². The smallest absolute Gasteiger partial charge is 0.233 e. The Morgan fingerprint density at radius 1 is 0.923 bits per heavy atom. The number of nitrogens with zero attached hydrogens (tertiary/aromatic N) is 7. The highest BCUT2D eigenvalue weighted by molar-refractivity contribution is 5.28. The number of hydrogen-bond donors (Lipinski definition) is 0. The highest BCUT2D eigenvalue weighted by atomic mass is 15.1. The van der Waals surface area contributed by atoms with E-state index in [4.69, 9.17) is 0 Å². The second-order valence-electron chi connectivity index (χ2n) is 6.32. The fourth-order valence-corrected chi connectivity index (χ4v) is 3.06. The zero-order valence-corrected chi connectivity index (χ0v) is 14.5. The van der Waals surface area contributed by atoms with Crippen LogP contribution in [-0.2, 0) is 19.6 Å². The Hall–Kier alpha value is -3.06. The number of hydrogen-bond acceptors (Lipinski definition) is 5. The molecular formula is C19H21N7. The number of aryl methyl sites for hydroxylation is 1. The van der Waals surface area contributed by atoms with Gasteiger partial charge in [0.25, 0.3) is 0 Å². The molecule has 0 radical (unpaired) electrons. The Morgan fingerprint density at radius 3 is 2.73 bits per heavy atom. The number of pyridine rings is 1. The van der Waals surface area contributed by atoms with E-state index >= 15 is 0 Å². The summed E-state index contributed by atoms with van der Waals surface area (Å²) in [5.74, 6) is 0.729. The Kier molecular flexibility index (Phi) is 4.97. The van der Waals surface area contributed by atoms with E-state index in [9.17, 15) is 0 Å². The van der Waals surface area contributed by atoms with Gasteiger partial charge in [0.05, 0.1) is 6.33 Å². The van der Waals surface area contributed by atoms with Gasteiger partial charge in [-0.3, -0.25) is 14.3 Å². The highest BCUT2D eigenvalue weighted by Gasteiger charge is 2.09. The van der Waals surface area contributed by atoms with E-state index in [-0.39, 0.29) is 0 Å². The maximum Gasteiger partial charge on any atom is 0.233 e. The van der Waals surface area contributed by atoms with Crippen molar-refractivity contribution in [3.05, 3.63) is 79.2 Å². The minimum atomic E-state index is 0.729. The molecule has 7 heteroatoms. The van der Waals surface area contributed by atoms with Crippen molar-refractivity contribution in [1.82, 2.24) is 33.8 Å². The predicted octanol–water partition coefficient (Wildman–Crippen LogP) is 2.41. The lowest BCUT2D eigenvalue weighted by Gasteiger charge is -2.22. The Bertz CT molecular complexity index is 931. The lowest BCUT2D eigenvalue weighted by atomic mass is 10.2. The van der Waals surface area contributed by atoms with Crippen molar-refractivity contribution in [2.45, 2.75) is 26.1 Å². The third-order valence-electron chi connectivity index (χ3n) is 4.28. The van der Waals surface area contributed by atoms with Crippen LogP contribution in [0.4, 0.5) is 0 Å². The Labute approximate surface area is 152 Å². The maximum absolute atomic E-state index is 4.42. The summed E-state index contributed by atoms with van der Waals surface area (Å²) in [5.41, 5.74) is 2.38. The predicted molar refractivity (Wildman–Crippen MR) is 98.2 cm³/mol. The van der Waals surface area contributed by atoms with Crippen LogP contribution in [0.5, 0.6) is 0 Å². The van der Waals surface area contributed by atoms with Crippen LogP contribution >= 0.6 is 0 Å². The summed E-state index contributed by atoms with van der Waals surface area (Å²) in [5, 5.41) is 0. The molecule has 0 aliphatic heterocycles. The quantitative estimate of drug-likeness (QED) is 0.490. The summed E-state index contributed by atoms with van der Waals surface area (Å²) in [4.78, 5) is 19.4. The van der Waals surface area contributed by atoms with E-state index in [0.29, 0.717) is 0 Å². The van der Waals surface area contributed by atoms with E-state index in [1.807, 2.05) is 54.0 Å². The van der Waals surface area contributed by atoms with Gasteiger partial charge in [-0.25, -0.2) is 15.0 Å². The number of imidazole rings is 2. The zero-order valence-electron chi connectivity index (χ0n) is 14.5. The van der Waals surface area contributed by atoms with Crippen LogP contribution in [0.25, 0.3) is 5.78 Å². The van der Waals surface area contributed by atoms with Crippen LogP contribution in [-0.4, -0.2) is 40.3 Å². The lowest BCUT2D eigenvalue weighted by Crippen LogP contribution is -2.25. The van der Waals surface area contributed by atoms with Crippen LogP contribution in [0.2, 0.25) is 0 Å². The summed E-state index contributed by atoms with van der Waals surface area (Å²) in [7, 11) is 0. The van der Waals surface area contributed by atoms with E-state index in [1.54, 1.807) is 6.20 Å². The number of fused-ring (bicyclic) bond motifs is 1. The molecule has 4 heterocycles. The van der Waals surface area contributed by atoms with Gasteiger partial charge >= 0.3 is 0 Å². The first-order valence-electron chi connectivity index (χ1n) is 8.71. The molecule has 132 valence electrons. The topological polar surface area (TPSA) is 64.1 Å². The van der Waals surface area contributed by atoms with Gasteiger partial charge in [-0.2, -0.15) is 0 Å². The molecule has 0 aliphatic rings. The lowest BCUT2D eigenvalue weighted by molar-refractivity contribution is 0.247. The van der Waals surface area contributed by atoms with Gasteiger partial charge in [-0.15, -0.1) is 0 Å². The molecule has 0 spiro atoms. The summed E-state index contributed by atoms with van der Waals surface area (Å²) in [6.07, 6.45) is 18.2. The molecule has 0 unspecified atom stereocenters. The van der Waals surface area contributed by atoms with Gasteiger partial charge in [0.15, 0.2) is 0 Å². The molecule has 4 aromatic rings. The molecule has 0 N–H and O–H groups in total. The van der Waals surface area contributed by atoms with E-state index < -0.39 is 0 Å². The third-order valence-corrected chi connectivity index (χ3v) is 4.28. The van der Waals surface area contributed by atoms with Crippen molar-refractivity contribution in [2.75, 3.05) is 6.54 Å². The molecular weight excluding hydrogens is 326 g/mol. The summed E-state index contributed by atoms with van der Waals surface area (Å²) < 4.78 is 4.07. The van der Waals surface area contributed by atoms with Crippen molar-refractivity contribution in [3.63, 3.8) is 0 Å². The molecule has 4 aromatic heterocycles. The van der Waals surface area contributed by atoms with Crippen LogP contribution in [0.3, 0.4) is 0 Å². The van der Waals surface area contributed by atoms with Crippen LogP contribution in [0.1, 0.15) is 17.5 Å². The van der Waals surface area contributed by atoms with Crippen LogP contribution < -0.4 is 0 Å². The highest BCUT2D eigenvalue weighted by Crippen LogP contribution is 2.11. The van der Waals surface area contributed by atoms with Gasteiger partial charge in [0.2, 0.25) is 5.78 Å². The second-order valence-corrected chi connectivity index (χ2v) is 6.32. The van der Waals surface area contributed by atoms with Crippen molar-refractivity contribution in [3.8, 4) is 0 Å². The maximum atomic E-state index is 4.42. The van der Waals surface area contributed by atoms with Crippen LogP contribution in [0, 0.1) is 0 Å². The first-order valence-corrected chi connectivity index (χ1v) is 8.71. The molecule has 7 nitrogen and oxygen atoms in total. The molecule has 4 rings (SSSR count). The Morgan fingerprint density at radius 2 is 1.88 bits per heavy atom. The number of aromatic nitrogens is 6. The fourth-order valence-electron chi connectivity index (χ4n) is 3.06. The minimum Gasteiger partial charge on any atom is -0.337 e. The van der Waals surface area contributed by atoms with Crippen LogP contribution in [0.15, 0.2) is 68.0 Å². The molecule has 0 aliphatic carbocycles. The summed E-state index contributed by atoms with van der Waals surface area (Å²) >= 11 is 0. The van der Waals surface area contributed by atoms with Gasteiger partial charge in [-0.05, 0) is 18.1 Å². The molecule has 0 bridgehead atoms. The molecule has 0 aromatic carbocycles. The molecule has 0 saturated heterocycles. The molecule has 0 saturated carbocycles. The average Bonchev–Trinajstić information content (AvgIpc) is 3.33. The minimum absolute atomic E-state index is 0.729. The van der Waals surface area contributed by atoms with E-state index in [1.165, 1.54) is 11.1 Å². The first kappa shape index (κ1) is 16.4. The summed E-state index contributed by atoms with van der Waals surface area (Å²) in [6, 6.07) is 4.10. The normalized spacial score (nSPS) is 11.4. The summed E-state index contributed by atoms with van der Waals surface area (Å²) in [6.45, 7) is 3.64. The second kappa shape index (κ2) is 7.88. The third kappa shape index (κ3) is 4.12. The molecule has 0 amide bonds. The average molecular weight is 347 g/mol. The van der Waals surface area contributed by atoms with Gasteiger partial charge in [0.1, 0.15) is 0 Å². The first-order chi connectivity index (χ1) is 12.9. The zero-order chi connectivity index (χ0) is 17.6. The van der Waals surface area contributed by atoms with Crippen molar-refractivity contribution >= 4 is 5.78 Å².